The van der Waals surface area contributed by atoms with Crippen LogP contribution in [0.1, 0.15) is 51.2 Å². The number of aromatic nitrogens is 2. The van der Waals surface area contributed by atoms with E-state index in [1.54, 1.807) is 0 Å². The van der Waals surface area contributed by atoms with Crippen molar-refractivity contribution in [3.05, 3.63) is 11.7 Å². The van der Waals surface area contributed by atoms with E-state index in [1.807, 2.05) is 6.92 Å². The molecule has 2 rings (SSSR count). The first-order valence-corrected chi connectivity index (χ1v) is 6.49. The monoisotopic (exact) mass is 255 g/mol. The fraction of sp³-hybridized carbons (Fsp3) is 0.833. The third-order valence-electron chi connectivity index (χ3n) is 3.46. The maximum atomic E-state index is 5.96. The standard InChI is InChI=1S/C12H21N3O3/c1-3-16-12(6-4-5-9(2)7-12)11-14-10(8-17-13)18-15-11/h9H,3-8,13H2,1-2H3. The van der Waals surface area contributed by atoms with Gasteiger partial charge in [-0.3, -0.25) is 4.84 Å². The van der Waals surface area contributed by atoms with Gasteiger partial charge in [0, 0.05) is 6.61 Å². The zero-order chi connectivity index (χ0) is 13.0. The molecular weight excluding hydrogens is 234 g/mol. The summed E-state index contributed by atoms with van der Waals surface area (Å²) in [7, 11) is 0. The lowest BCUT2D eigenvalue weighted by atomic mass is 9.78. The van der Waals surface area contributed by atoms with E-state index in [4.69, 9.17) is 15.2 Å². The van der Waals surface area contributed by atoms with E-state index in [2.05, 4.69) is 21.9 Å². The largest absolute Gasteiger partial charge is 0.367 e. The average molecular weight is 255 g/mol. The highest BCUT2D eigenvalue weighted by Crippen LogP contribution is 2.41. The molecule has 1 aromatic rings. The molecular formula is C12H21N3O3. The van der Waals surface area contributed by atoms with E-state index in [0.717, 1.165) is 19.3 Å². The van der Waals surface area contributed by atoms with E-state index >= 15 is 0 Å². The fourth-order valence-electron chi connectivity index (χ4n) is 2.75. The van der Waals surface area contributed by atoms with Crippen LogP contribution in [0.5, 0.6) is 0 Å². The average Bonchev–Trinajstić information content (AvgIpc) is 2.79. The van der Waals surface area contributed by atoms with Gasteiger partial charge in [-0.15, -0.1) is 0 Å². The quantitative estimate of drug-likeness (QED) is 0.809. The molecule has 2 N–H and O–H groups in total. The number of hydrogen-bond donors (Lipinski definition) is 1. The van der Waals surface area contributed by atoms with Gasteiger partial charge in [-0.1, -0.05) is 18.5 Å². The summed E-state index contributed by atoms with van der Waals surface area (Å²) in [6, 6.07) is 0. The molecule has 0 spiro atoms. The Morgan fingerprint density at radius 3 is 3.06 bits per heavy atom. The minimum atomic E-state index is -0.400. The first-order valence-electron chi connectivity index (χ1n) is 6.49. The topological polar surface area (TPSA) is 83.4 Å². The molecule has 0 aliphatic heterocycles. The van der Waals surface area contributed by atoms with Crippen molar-refractivity contribution in [2.75, 3.05) is 6.61 Å². The molecule has 1 fully saturated rings. The molecule has 0 radical (unpaired) electrons. The third-order valence-corrected chi connectivity index (χ3v) is 3.46. The maximum absolute atomic E-state index is 5.96. The van der Waals surface area contributed by atoms with Gasteiger partial charge in [0.05, 0.1) is 0 Å². The molecule has 0 bridgehead atoms. The van der Waals surface area contributed by atoms with E-state index in [9.17, 15) is 0 Å². The number of nitrogens with zero attached hydrogens (tertiary/aromatic N) is 2. The van der Waals surface area contributed by atoms with Gasteiger partial charge in [0.15, 0.2) is 0 Å². The highest BCUT2D eigenvalue weighted by Gasteiger charge is 2.41. The Labute approximate surface area is 107 Å². The van der Waals surface area contributed by atoms with Crippen LogP contribution < -0.4 is 5.90 Å². The van der Waals surface area contributed by atoms with Crippen molar-refractivity contribution < 1.29 is 14.1 Å². The van der Waals surface area contributed by atoms with Gasteiger partial charge in [0.25, 0.3) is 5.89 Å². The van der Waals surface area contributed by atoms with Crippen LogP contribution in [-0.2, 0) is 21.8 Å². The SMILES string of the molecule is CCOC1(c2noc(CON)n2)CCCC(C)C1. The second-order valence-corrected chi connectivity index (χ2v) is 4.95. The molecule has 0 saturated heterocycles. The number of rotatable bonds is 5. The minimum absolute atomic E-state index is 0.130. The van der Waals surface area contributed by atoms with E-state index in [0.29, 0.717) is 24.2 Å². The van der Waals surface area contributed by atoms with Crippen LogP contribution in [0.2, 0.25) is 0 Å². The summed E-state index contributed by atoms with van der Waals surface area (Å²) in [5.41, 5.74) is -0.400. The highest BCUT2D eigenvalue weighted by molar-refractivity contribution is 5.04. The van der Waals surface area contributed by atoms with Crippen molar-refractivity contribution in [3.63, 3.8) is 0 Å². The lowest BCUT2D eigenvalue weighted by molar-refractivity contribution is -0.0891. The van der Waals surface area contributed by atoms with Crippen LogP contribution in [0.15, 0.2) is 4.52 Å². The predicted molar refractivity (Wildman–Crippen MR) is 64.2 cm³/mol. The molecule has 2 atom stereocenters. The Hall–Kier alpha value is -0.980. The van der Waals surface area contributed by atoms with Crippen molar-refractivity contribution in [3.8, 4) is 0 Å². The van der Waals surface area contributed by atoms with Gasteiger partial charge in [-0.25, -0.2) is 5.90 Å². The van der Waals surface area contributed by atoms with Gasteiger partial charge in [0.1, 0.15) is 12.2 Å². The van der Waals surface area contributed by atoms with Crippen molar-refractivity contribution in [2.45, 2.75) is 51.7 Å². The Balaban J connectivity index is 2.21. The first-order chi connectivity index (χ1) is 8.70. The van der Waals surface area contributed by atoms with Crippen molar-refractivity contribution in [1.82, 2.24) is 10.1 Å². The molecule has 1 aliphatic carbocycles. The molecule has 2 unspecified atom stereocenters. The third kappa shape index (κ3) is 2.71. The van der Waals surface area contributed by atoms with Crippen LogP contribution in [0.25, 0.3) is 0 Å². The summed E-state index contributed by atoms with van der Waals surface area (Å²) in [4.78, 5) is 8.85. The Kier molecular flexibility index (Phi) is 4.31. The lowest BCUT2D eigenvalue weighted by Gasteiger charge is -2.37. The Morgan fingerprint density at radius 1 is 1.56 bits per heavy atom. The summed E-state index contributed by atoms with van der Waals surface area (Å²) < 4.78 is 11.1. The molecule has 1 aliphatic rings. The zero-order valence-electron chi connectivity index (χ0n) is 11.0. The molecule has 1 aromatic heterocycles. The number of hydrogen-bond acceptors (Lipinski definition) is 6. The smallest absolute Gasteiger partial charge is 0.254 e. The van der Waals surface area contributed by atoms with Crippen LogP contribution >= 0.6 is 0 Å². The second-order valence-electron chi connectivity index (χ2n) is 4.95. The summed E-state index contributed by atoms with van der Waals surface area (Å²) >= 11 is 0. The molecule has 1 heterocycles. The normalized spacial score (nSPS) is 28.5. The van der Waals surface area contributed by atoms with Crippen LogP contribution in [0.4, 0.5) is 0 Å². The van der Waals surface area contributed by atoms with Gasteiger partial charge < -0.3 is 9.26 Å². The number of ether oxygens (including phenoxy) is 1. The molecule has 0 amide bonds. The van der Waals surface area contributed by atoms with E-state index < -0.39 is 5.60 Å². The van der Waals surface area contributed by atoms with Gasteiger partial charge >= 0.3 is 0 Å². The maximum Gasteiger partial charge on any atom is 0.254 e. The van der Waals surface area contributed by atoms with E-state index in [1.165, 1.54) is 6.42 Å². The first kappa shape index (κ1) is 13.5. The summed E-state index contributed by atoms with van der Waals surface area (Å²) in [5.74, 6) is 6.63. The Morgan fingerprint density at radius 2 is 2.39 bits per heavy atom. The van der Waals surface area contributed by atoms with Crippen LogP contribution in [-0.4, -0.2) is 16.7 Å². The fourth-order valence-corrected chi connectivity index (χ4v) is 2.75. The van der Waals surface area contributed by atoms with Crippen molar-refractivity contribution >= 4 is 0 Å². The zero-order valence-corrected chi connectivity index (χ0v) is 11.0. The lowest BCUT2D eigenvalue weighted by Crippen LogP contribution is -2.36. The Bertz CT molecular complexity index is 378. The van der Waals surface area contributed by atoms with Gasteiger partial charge in [-0.05, 0) is 32.1 Å². The minimum Gasteiger partial charge on any atom is -0.367 e. The van der Waals surface area contributed by atoms with Crippen LogP contribution in [0.3, 0.4) is 0 Å². The second kappa shape index (κ2) is 5.77. The van der Waals surface area contributed by atoms with Gasteiger partial charge in [-0.2, -0.15) is 4.98 Å². The van der Waals surface area contributed by atoms with Crippen LogP contribution in [0, 0.1) is 5.92 Å². The molecule has 6 nitrogen and oxygen atoms in total. The summed E-state index contributed by atoms with van der Waals surface area (Å²) in [6.07, 6.45) is 4.22. The predicted octanol–water partition coefficient (Wildman–Crippen LogP) is 1.90. The summed E-state index contributed by atoms with van der Waals surface area (Å²) in [5, 5.41) is 4.04. The molecule has 1 saturated carbocycles. The van der Waals surface area contributed by atoms with Gasteiger partial charge in [0.2, 0.25) is 5.82 Å². The molecule has 6 heteroatoms. The number of nitrogens with two attached hydrogens (primary N) is 1. The van der Waals surface area contributed by atoms with Crippen molar-refractivity contribution in [1.29, 1.82) is 0 Å². The van der Waals surface area contributed by atoms with Crippen molar-refractivity contribution in [2.24, 2.45) is 11.8 Å². The van der Waals surface area contributed by atoms with E-state index in [-0.39, 0.29) is 6.61 Å². The molecule has 18 heavy (non-hydrogen) atoms. The highest BCUT2D eigenvalue weighted by atomic mass is 16.6. The molecule has 102 valence electrons. The summed E-state index contributed by atoms with van der Waals surface area (Å²) in [6.45, 7) is 5.00. The molecule has 0 aromatic carbocycles.